The monoisotopic (exact) mass is 243 g/mol. The van der Waals surface area contributed by atoms with Gasteiger partial charge in [-0.2, -0.15) is 0 Å². The van der Waals surface area contributed by atoms with E-state index in [1.165, 1.54) is 0 Å². The van der Waals surface area contributed by atoms with Crippen LogP contribution in [0.25, 0.3) is 0 Å². The first-order valence-corrected chi connectivity index (χ1v) is 5.16. The third-order valence-corrected chi connectivity index (χ3v) is 3.09. The smallest absolute Gasteiger partial charge is 0.140 e. The van der Waals surface area contributed by atoms with Gasteiger partial charge in [0, 0.05) is 6.54 Å². The molecule has 0 bridgehead atoms. The second-order valence-electron chi connectivity index (χ2n) is 3.37. The summed E-state index contributed by atoms with van der Waals surface area (Å²) in [6, 6.07) is 1.85. The zero-order valence-corrected chi connectivity index (χ0v) is 9.04. The number of hydrogen-bond acceptors (Lipinski definition) is 1. The predicted octanol–water partition coefficient (Wildman–Crippen LogP) is 2.54. The molecule has 3 heteroatoms. The van der Waals surface area contributed by atoms with Crippen molar-refractivity contribution in [2.45, 2.75) is 19.9 Å². The lowest BCUT2D eigenvalue weighted by atomic mass is 9.96. The SMILES string of the molecule is Cc1cc(Br)c(F)c2c1CNCC2. The minimum absolute atomic E-state index is 0.0814. The van der Waals surface area contributed by atoms with Crippen LogP contribution >= 0.6 is 15.9 Å². The molecule has 1 nitrogen and oxygen atoms in total. The first kappa shape index (κ1) is 9.16. The molecule has 0 amide bonds. The second-order valence-corrected chi connectivity index (χ2v) is 4.23. The maximum atomic E-state index is 13.6. The summed E-state index contributed by atoms with van der Waals surface area (Å²) in [6.07, 6.45) is 0.793. The minimum Gasteiger partial charge on any atom is -0.312 e. The van der Waals surface area contributed by atoms with Crippen molar-refractivity contribution in [2.75, 3.05) is 6.54 Å². The van der Waals surface area contributed by atoms with Crippen LogP contribution in [0.5, 0.6) is 0 Å². The molecule has 2 rings (SSSR count). The second kappa shape index (κ2) is 3.39. The van der Waals surface area contributed by atoms with Gasteiger partial charge in [0.1, 0.15) is 5.82 Å². The van der Waals surface area contributed by atoms with Gasteiger partial charge < -0.3 is 5.32 Å². The molecule has 0 saturated carbocycles. The van der Waals surface area contributed by atoms with Crippen LogP contribution in [0.2, 0.25) is 0 Å². The number of hydrogen-bond donors (Lipinski definition) is 1. The maximum Gasteiger partial charge on any atom is 0.140 e. The molecule has 1 aromatic rings. The molecule has 1 aliphatic rings. The fraction of sp³-hybridized carbons (Fsp3) is 0.400. The fourth-order valence-corrected chi connectivity index (χ4v) is 2.37. The summed E-state index contributed by atoms with van der Waals surface area (Å²) in [6.45, 7) is 3.70. The van der Waals surface area contributed by atoms with E-state index >= 15 is 0 Å². The highest BCUT2D eigenvalue weighted by molar-refractivity contribution is 9.10. The van der Waals surface area contributed by atoms with E-state index in [0.717, 1.165) is 36.2 Å². The molecule has 0 aliphatic carbocycles. The van der Waals surface area contributed by atoms with E-state index in [0.29, 0.717) is 4.47 Å². The minimum atomic E-state index is -0.0814. The average molecular weight is 244 g/mol. The van der Waals surface area contributed by atoms with Crippen LogP contribution in [0.1, 0.15) is 16.7 Å². The zero-order valence-electron chi connectivity index (χ0n) is 7.45. The topological polar surface area (TPSA) is 12.0 Å². The van der Waals surface area contributed by atoms with Gasteiger partial charge in [0.25, 0.3) is 0 Å². The molecule has 0 atom stereocenters. The van der Waals surface area contributed by atoms with E-state index in [4.69, 9.17) is 0 Å². The number of nitrogens with one attached hydrogen (secondary N) is 1. The highest BCUT2D eigenvalue weighted by atomic mass is 79.9. The zero-order chi connectivity index (χ0) is 9.42. The van der Waals surface area contributed by atoms with Gasteiger partial charge in [-0.1, -0.05) is 0 Å². The molecule has 0 saturated heterocycles. The Hall–Kier alpha value is -0.410. The van der Waals surface area contributed by atoms with Gasteiger partial charge in [0.05, 0.1) is 4.47 Å². The van der Waals surface area contributed by atoms with Gasteiger partial charge >= 0.3 is 0 Å². The highest BCUT2D eigenvalue weighted by Gasteiger charge is 2.17. The van der Waals surface area contributed by atoms with Crippen molar-refractivity contribution in [1.29, 1.82) is 0 Å². The van der Waals surface area contributed by atoms with Crippen molar-refractivity contribution >= 4 is 15.9 Å². The number of benzene rings is 1. The van der Waals surface area contributed by atoms with E-state index in [1.54, 1.807) is 0 Å². The largest absolute Gasteiger partial charge is 0.312 e. The first-order chi connectivity index (χ1) is 6.20. The number of rotatable bonds is 0. The molecule has 0 unspecified atom stereocenters. The van der Waals surface area contributed by atoms with E-state index < -0.39 is 0 Å². The van der Waals surface area contributed by atoms with Gasteiger partial charge in [-0.05, 0) is 58.6 Å². The van der Waals surface area contributed by atoms with Gasteiger partial charge in [-0.15, -0.1) is 0 Å². The van der Waals surface area contributed by atoms with Crippen molar-refractivity contribution in [3.8, 4) is 0 Å². The molecular formula is C10H11BrFN. The summed E-state index contributed by atoms with van der Waals surface area (Å²) < 4.78 is 14.2. The predicted molar refractivity (Wildman–Crippen MR) is 54.2 cm³/mol. The van der Waals surface area contributed by atoms with Crippen molar-refractivity contribution in [2.24, 2.45) is 0 Å². The molecule has 70 valence electrons. The van der Waals surface area contributed by atoms with Crippen molar-refractivity contribution in [3.63, 3.8) is 0 Å². The Kier molecular flexibility index (Phi) is 2.39. The third kappa shape index (κ3) is 1.51. The Bertz CT molecular complexity index is 349. The van der Waals surface area contributed by atoms with Crippen LogP contribution in [0.15, 0.2) is 10.5 Å². The highest BCUT2D eigenvalue weighted by Crippen LogP contribution is 2.27. The summed E-state index contributed by atoms with van der Waals surface area (Å²) in [7, 11) is 0. The van der Waals surface area contributed by atoms with Crippen LogP contribution in [0.3, 0.4) is 0 Å². The van der Waals surface area contributed by atoms with E-state index in [-0.39, 0.29) is 5.82 Å². The summed E-state index contributed by atoms with van der Waals surface area (Å²) in [5, 5.41) is 3.25. The van der Waals surface area contributed by atoms with E-state index in [2.05, 4.69) is 21.2 Å². The van der Waals surface area contributed by atoms with Crippen LogP contribution < -0.4 is 5.32 Å². The van der Waals surface area contributed by atoms with Crippen molar-refractivity contribution in [3.05, 3.63) is 33.0 Å². The maximum absolute atomic E-state index is 13.6. The summed E-state index contributed by atoms with van der Waals surface area (Å²) >= 11 is 3.23. The lowest BCUT2D eigenvalue weighted by Gasteiger charge is -2.20. The quantitative estimate of drug-likeness (QED) is 0.739. The van der Waals surface area contributed by atoms with Crippen molar-refractivity contribution in [1.82, 2.24) is 5.32 Å². The summed E-state index contributed by atoms with van der Waals surface area (Å²) in [5.74, 6) is -0.0814. The molecule has 0 fully saturated rings. The molecule has 1 aromatic carbocycles. The Morgan fingerprint density at radius 3 is 3.00 bits per heavy atom. The van der Waals surface area contributed by atoms with Crippen LogP contribution in [-0.2, 0) is 13.0 Å². The van der Waals surface area contributed by atoms with Gasteiger partial charge in [0.15, 0.2) is 0 Å². The fourth-order valence-electron chi connectivity index (χ4n) is 1.79. The molecule has 1 aliphatic heterocycles. The number of halogens is 2. The lowest BCUT2D eigenvalue weighted by Crippen LogP contribution is -2.25. The molecule has 1 heterocycles. The molecule has 0 radical (unpaired) electrons. The van der Waals surface area contributed by atoms with Crippen molar-refractivity contribution < 1.29 is 4.39 Å². The molecule has 1 N–H and O–H groups in total. The normalized spacial score (nSPS) is 15.6. The molecule has 13 heavy (non-hydrogen) atoms. The van der Waals surface area contributed by atoms with Crippen LogP contribution in [0, 0.1) is 12.7 Å². The van der Waals surface area contributed by atoms with E-state index in [9.17, 15) is 4.39 Å². The summed E-state index contributed by atoms with van der Waals surface area (Å²) in [5.41, 5.74) is 3.17. The Balaban J connectivity index is 2.63. The Morgan fingerprint density at radius 1 is 1.46 bits per heavy atom. The Morgan fingerprint density at radius 2 is 2.23 bits per heavy atom. The van der Waals surface area contributed by atoms with Gasteiger partial charge in [-0.25, -0.2) is 4.39 Å². The van der Waals surface area contributed by atoms with Gasteiger partial charge in [0.2, 0.25) is 0 Å². The average Bonchev–Trinajstić information content (AvgIpc) is 2.15. The first-order valence-electron chi connectivity index (χ1n) is 4.37. The Labute approximate surface area is 85.5 Å². The molecular weight excluding hydrogens is 233 g/mol. The molecule has 0 spiro atoms. The summed E-state index contributed by atoms with van der Waals surface area (Å²) in [4.78, 5) is 0. The van der Waals surface area contributed by atoms with Crippen LogP contribution in [0.4, 0.5) is 4.39 Å². The number of aryl methyl sites for hydroxylation is 1. The molecule has 0 aromatic heterocycles. The van der Waals surface area contributed by atoms with Crippen LogP contribution in [-0.4, -0.2) is 6.54 Å². The number of fused-ring (bicyclic) bond motifs is 1. The third-order valence-electron chi connectivity index (χ3n) is 2.51. The van der Waals surface area contributed by atoms with E-state index in [1.807, 2.05) is 13.0 Å². The lowest BCUT2D eigenvalue weighted by molar-refractivity contribution is 0.562. The van der Waals surface area contributed by atoms with Gasteiger partial charge in [-0.3, -0.25) is 0 Å². The standard InChI is InChI=1S/C10H11BrFN/c1-6-4-9(11)10(12)7-2-3-13-5-8(6)7/h4,13H,2-3,5H2,1H3.